The average Bonchev–Trinajstić information content (AvgIpc) is 2.46. The molecular formula is C16H27N3O. The minimum Gasteiger partial charge on any atom is -0.297 e. The van der Waals surface area contributed by atoms with Gasteiger partial charge < -0.3 is 0 Å². The topological polar surface area (TPSA) is 58.4 Å². The van der Waals surface area contributed by atoms with Crippen molar-refractivity contribution in [3.8, 4) is 0 Å². The third-order valence-electron chi connectivity index (χ3n) is 3.51. The molecule has 112 valence electrons. The van der Waals surface area contributed by atoms with E-state index in [2.05, 4.69) is 31.1 Å². The summed E-state index contributed by atoms with van der Waals surface area (Å²) in [5.41, 5.74) is 3.97. The van der Waals surface area contributed by atoms with E-state index in [1.807, 2.05) is 24.3 Å². The first-order chi connectivity index (χ1) is 9.58. The summed E-state index contributed by atoms with van der Waals surface area (Å²) in [6.45, 7) is 8.72. The molecule has 0 fully saturated rings. The average molecular weight is 277 g/mol. The van der Waals surface area contributed by atoms with E-state index in [0.717, 1.165) is 13.1 Å². The summed E-state index contributed by atoms with van der Waals surface area (Å²) in [5.74, 6) is 4.87. The molecule has 0 aliphatic carbocycles. The molecule has 0 heterocycles. The van der Waals surface area contributed by atoms with E-state index >= 15 is 0 Å². The third-order valence-corrected chi connectivity index (χ3v) is 3.51. The molecule has 3 N–H and O–H groups in total. The van der Waals surface area contributed by atoms with Crippen molar-refractivity contribution in [3.63, 3.8) is 0 Å². The maximum atomic E-state index is 11.4. The maximum absolute atomic E-state index is 11.4. The quantitative estimate of drug-likeness (QED) is 0.332. The number of nitrogen functional groups attached to an aromatic ring is 1. The molecule has 0 aromatic heterocycles. The number of rotatable bonds is 8. The fraction of sp³-hybridized carbons (Fsp3) is 0.562. The number of hydrogen-bond acceptors (Lipinski definition) is 3. The number of nitrogens with zero attached hydrogens (tertiary/aromatic N) is 1. The molecule has 1 amide bonds. The first kappa shape index (κ1) is 16.7. The van der Waals surface area contributed by atoms with Crippen LogP contribution >= 0.6 is 0 Å². The van der Waals surface area contributed by atoms with Crippen molar-refractivity contribution in [2.75, 3.05) is 6.54 Å². The monoisotopic (exact) mass is 277 g/mol. The number of hydrogen-bond donors (Lipinski definition) is 2. The van der Waals surface area contributed by atoms with Crippen LogP contribution in [0.3, 0.4) is 0 Å². The number of unbranched alkanes of at least 4 members (excludes halogenated alkanes) is 2. The van der Waals surface area contributed by atoms with Crippen LogP contribution in [0.15, 0.2) is 24.3 Å². The van der Waals surface area contributed by atoms with Gasteiger partial charge in [0.25, 0.3) is 5.91 Å². The minimum absolute atomic E-state index is 0.250. The van der Waals surface area contributed by atoms with Gasteiger partial charge in [-0.15, -0.1) is 0 Å². The number of benzene rings is 1. The van der Waals surface area contributed by atoms with Crippen molar-refractivity contribution in [1.82, 2.24) is 10.3 Å². The van der Waals surface area contributed by atoms with Crippen LogP contribution < -0.4 is 11.3 Å². The lowest BCUT2D eigenvalue weighted by Crippen LogP contribution is -2.31. The van der Waals surface area contributed by atoms with Gasteiger partial charge in [-0.25, -0.2) is 5.84 Å². The first-order valence-electron chi connectivity index (χ1n) is 7.42. The standard InChI is InChI=1S/C16H27N3O/c1-4-5-6-11-19(13(2)3)12-14-7-9-15(10-8-14)16(20)18-17/h7-10,13H,4-6,11-12,17H2,1-3H3,(H,18,20). The van der Waals surface area contributed by atoms with Gasteiger partial charge in [-0.3, -0.25) is 15.1 Å². The lowest BCUT2D eigenvalue weighted by Gasteiger charge is -2.26. The predicted octanol–water partition coefficient (Wildman–Crippen LogP) is 2.69. The van der Waals surface area contributed by atoms with Crippen LogP contribution in [0.25, 0.3) is 0 Å². The fourth-order valence-corrected chi connectivity index (χ4v) is 2.16. The summed E-state index contributed by atoms with van der Waals surface area (Å²) in [7, 11) is 0. The second kappa shape index (κ2) is 8.72. The minimum atomic E-state index is -0.250. The predicted molar refractivity (Wildman–Crippen MR) is 83.2 cm³/mol. The molecule has 1 aromatic rings. The second-order valence-corrected chi connectivity index (χ2v) is 5.44. The van der Waals surface area contributed by atoms with Crippen LogP contribution in [0.5, 0.6) is 0 Å². The summed E-state index contributed by atoms with van der Waals surface area (Å²) >= 11 is 0. The Morgan fingerprint density at radius 2 is 1.90 bits per heavy atom. The molecule has 20 heavy (non-hydrogen) atoms. The van der Waals surface area contributed by atoms with Gasteiger partial charge in [-0.1, -0.05) is 31.9 Å². The number of carbonyl (C=O) groups is 1. The molecule has 4 nitrogen and oxygen atoms in total. The Kier molecular flexibility index (Phi) is 7.26. The Morgan fingerprint density at radius 1 is 1.25 bits per heavy atom. The smallest absolute Gasteiger partial charge is 0.265 e. The molecule has 1 aromatic carbocycles. The third kappa shape index (κ3) is 5.31. The molecule has 1 rings (SSSR count). The van der Waals surface area contributed by atoms with E-state index in [1.54, 1.807) is 0 Å². The Morgan fingerprint density at radius 3 is 2.40 bits per heavy atom. The van der Waals surface area contributed by atoms with Crippen LogP contribution in [0, 0.1) is 0 Å². The summed E-state index contributed by atoms with van der Waals surface area (Å²) in [5, 5.41) is 0. The summed E-state index contributed by atoms with van der Waals surface area (Å²) in [4.78, 5) is 13.8. The van der Waals surface area contributed by atoms with E-state index in [1.165, 1.54) is 24.8 Å². The Balaban J connectivity index is 2.61. The van der Waals surface area contributed by atoms with E-state index in [4.69, 9.17) is 5.84 Å². The highest BCUT2D eigenvalue weighted by atomic mass is 16.2. The largest absolute Gasteiger partial charge is 0.297 e. The Bertz CT molecular complexity index is 401. The molecule has 0 aliphatic heterocycles. The number of hydrazine groups is 1. The molecule has 4 heteroatoms. The molecule has 0 atom stereocenters. The van der Waals surface area contributed by atoms with Crippen LogP contribution in [0.4, 0.5) is 0 Å². The summed E-state index contributed by atoms with van der Waals surface area (Å²) in [6.07, 6.45) is 3.76. The number of nitrogens with two attached hydrogens (primary N) is 1. The van der Waals surface area contributed by atoms with Gasteiger partial charge in [0.2, 0.25) is 0 Å². The lowest BCUT2D eigenvalue weighted by atomic mass is 10.1. The molecule has 0 spiro atoms. The molecule has 0 unspecified atom stereocenters. The van der Waals surface area contributed by atoms with E-state index < -0.39 is 0 Å². The van der Waals surface area contributed by atoms with Crippen molar-refractivity contribution in [1.29, 1.82) is 0 Å². The van der Waals surface area contributed by atoms with Crippen LogP contribution in [-0.4, -0.2) is 23.4 Å². The SMILES string of the molecule is CCCCCN(Cc1ccc(C(=O)NN)cc1)C(C)C. The zero-order chi connectivity index (χ0) is 15.0. The van der Waals surface area contributed by atoms with Gasteiger partial charge in [0.15, 0.2) is 0 Å². The van der Waals surface area contributed by atoms with Crippen molar-refractivity contribution in [2.24, 2.45) is 5.84 Å². The summed E-state index contributed by atoms with van der Waals surface area (Å²) < 4.78 is 0. The van der Waals surface area contributed by atoms with Gasteiger partial charge in [0.1, 0.15) is 0 Å². The van der Waals surface area contributed by atoms with Crippen molar-refractivity contribution in [2.45, 2.75) is 52.6 Å². The van der Waals surface area contributed by atoms with E-state index in [0.29, 0.717) is 11.6 Å². The highest BCUT2D eigenvalue weighted by Crippen LogP contribution is 2.11. The highest BCUT2D eigenvalue weighted by molar-refractivity contribution is 5.93. The summed E-state index contributed by atoms with van der Waals surface area (Å²) in [6, 6.07) is 8.17. The fourth-order valence-electron chi connectivity index (χ4n) is 2.16. The van der Waals surface area contributed by atoms with E-state index in [9.17, 15) is 4.79 Å². The Labute approximate surface area is 122 Å². The van der Waals surface area contributed by atoms with Crippen molar-refractivity contribution >= 4 is 5.91 Å². The molecular weight excluding hydrogens is 250 g/mol. The van der Waals surface area contributed by atoms with E-state index in [-0.39, 0.29) is 5.91 Å². The molecule has 0 saturated heterocycles. The zero-order valence-electron chi connectivity index (χ0n) is 12.9. The van der Waals surface area contributed by atoms with Crippen molar-refractivity contribution < 1.29 is 4.79 Å². The maximum Gasteiger partial charge on any atom is 0.265 e. The van der Waals surface area contributed by atoms with Crippen LogP contribution in [0.2, 0.25) is 0 Å². The van der Waals surface area contributed by atoms with Gasteiger partial charge in [0, 0.05) is 18.2 Å². The molecule has 0 saturated carbocycles. The van der Waals surface area contributed by atoms with Crippen molar-refractivity contribution in [3.05, 3.63) is 35.4 Å². The zero-order valence-corrected chi connectivity index (χ0v) is 12.9. The Hall–Kier alpha value is -1.39. The van der Waals surface area contributed by atoms with Gasteiger partial charge in [-0.05, 0) is 44.5 Å². The van der Waals surface area contributed by atoms with Gasteiger partial charge >= 0.3 is 0 Å². The van der Waals surface area contributed by atoms with Gasteiger partial charge in [-0.2, -0.15) is 0 Å². The molecule has 0 aliphatic rings. The molecule has 0 bridgehead atoms. The van der Waals surface area contributed by atoms with Crippen LogP contribution in [-0.2, 0) is 6.54 Å². The number of nitrogens with one attached hydrogen (secondary N) is 1. The normalized spacial score (nSPS) is 11.1. The first-order valence-corrected chi connectivity index (χ1v) is 7.42. The second-order valence-electron chi connectivity index (χ2n) is 5.44. The van der Waals surface area contributed by atoms with Crippen LogP contribution in [0.1, 0.15) is 56.0 Å². The number of amides is 1. The highest BCUT2D eigenvalue weighted by Gasteiger charge is 2.10. The van der Waals surface area contributed by atoms with Gasteiger partial charge in [0.05, 0.1) is 0 Å². The lowest BCUT2D eigenvalue weighted by molar-refractivity contribution is 0.0953. The number of carbonyl (C=O) groups excluding carboxylic acids is 1. The molecule has 0 radical (unpaired) electrons.